The molecule has 3 nitrogen and oxygen atoms in total. The molecular formula is C8H15N3S. The molecule has 0 atom stereocenters. The smallest absolute Gasteiger partial charge is 0.122 e. The van der Waals surface area contributed by atoms with Gasteiger partial charge in [-0.05, 0) is 27.1 Å². The summed E-state index contributed by atoms with van der Waals surface area (Å²) in [4.78, 5) is 2.14. The van der Waals surface area contributed by atoms with Gasteiger partial charge in [0.15, 0.2) is 0 Å². The summed E-state index contributed by atoms with van der Waals surface area (Å²) in [6, 6.07) is 1.98. The zero-order valence-electron chi connectivity index (χ0n) is 7.79. The van der Waals surface area contributed by atoms with Gasteiger partial charge in [-0.15, -0.1) is 0 Å². The van der Waals surface area contributed by atoms with Gasteiger partial charge in [0.25, 0.3) is 0 Å². The van der Waals surface area contributed by atoms with Gasteiger partial charge in [0.05, 0.1) is 6.54 Å². The molecule has 0 fully saturated rings. The average molecular weight is 185 g/mol. The van der Waals surface area contributed by atoms with Crippen LogP contribution in [0.5, 0.6) is 0 Å². The molecule has 0 aliphatic carbocycles. The first kappa shape index (κ1) is 9.48. The number of H-pyrrole nitrogens is 1. The van der Waals surface area contributed by atoms with Crippen molar-refractivity contribution in [2.24, 2.45) is 0 Å². The van der Waals surface area contributed by atoms with Crippen molar-refractivity contribution in [3.05, 3.63) is 16.4 Å². The van der Waals surface area contributed by atoms with Crippen molar-refractivity contribution >= 4 is 12.2 Å². The van der Waals surface area contributed by atoms with Gasteiger partial charge in [0.2, 0.25) is 0 Å². The highest BCUT2D eigenvalue weighted by atomic mass is 32.1. The molecule has 4 heteroatoms. The number of aromatic nitrogens is 2. The number of nitrogens with one attached hydrogen (secondary N) is 1. The zero-order chi connectivity index (χ0) is 9.14. The van der Waals surface area contributed by atoms with Gasteiger partial charge in [-0.25, -0.2) is 0 Å². The van der Waals surface area contributed by atoms with Crippen LogP contribution in [0, 0.1) is 11.6 Å². The highest BCUT2D eigenvalue weighted by molar-refractivity contribution is 7.71. The van der Waals surface area contributed by atoms with E-state index in [0.717, 1.165) is 23.4 Å². The molecule has 68 valence electrons. The van der Waals surface area contributed by atoms with E-state index in [9.17, 15) is 0 Å². The van der Waals surface area contributed by atoms with Gasteiger partial charge in [-0.2, -0.15) is 0 Å². The molecule has 0 amide bonds. The maximum Gasteiger partial charge on any atom is 0.122 e. The van der Waals surface area contributed by atoms with Crippen LogP contribution in [0.4, 0.5) is 0 Å². The first-order valence-corrected chi connectivity index (χ1v) is 4.41. The molecule has 12 heavy (non-hydrogen) atoms. The minimum Gasteiger partial charge on any atom is -0.308 e. The van der Waals surface area contributed by atoms with Gasteiger partial charge in [-0.3, -0.25) is 4.68 Å². The van der Waals surface area contributed by atoms with Crippen LogP contribution in [0.1, 0.15) is 5.69 Å². The standard InChI is InChI=1S/C8H15N3S/c1-7-6-8(12)11(9-7)5-4-10(2)3/h6,9H,4-5H2,1-3H3. The Morgan fingerprint density at radius 1 is 1.58 bits per heavy atom. The van der Waals surface area contributed by atoms with E-state index in [1.165, 1.54) is 0 Å². The molecular weight excluding hydrogens is 170 g/mol. The Labute approximate surface area is 78.0 Å². The van der Waals surface area contributed by atoms with Crippen molar-refractivity contribution in [1.29, 1.82) is 0 Å². The molecule has 0 radical (unpaired) electrons. The molecule has 1 N–H and O–H groups in total. The van der Waals surface area contributed by atoms with E-state index in [2.05, 4.69) is 24.1 Å². The Hall–Kier alpha value is -0.610. The number of aromatic amines is 1. The fourth-order valence-electron chi connectivity index (χ4n) is 1.03. The molecule has 1 aromatic heterocycles. The minimum absolute atomic E-state index is 0.884. The van der Waals surface area contributed by atoms with Crippen molar-refractivity contribution in [1.82, 2.24) is 14.7 Å². The number of hydrogen-bond donors (Lipinski definition) is 1. The van der Waals surface area contributed by atoms with Gasteiger partial charge in [0, 0.05) is 12.2 Å². The zero-order valence-corrected chi connectivity index (χ0v) is 8.61. The Balaban J connectivity index is 2.63. The molecule has 0 bridgehead atoms. The van der Waals surface area contributed by atoms with E-state index in [1.807, 2.05) is 17.7 Å². The fourth-order valence-corrected chi connectivity index (χ4v) is 1.34. The first-order chi connectivity index (χ1) is 5.59. The highest BCUT2D eigenvalue weighted by Gasteiger charge is 1.96. The molecule has 0 spiro atoms. The molecule has 0 saturated heterocycles. The number of aryl methyl sites for hydroxylation is 1. The molecule has 1 aromatic rings. The topological polar surface area (TPSA) is 24.0 Å². The number of rotatable bonds is 3. The summed E-state index contributed by atoms with van der Waals surface area (Å²) in [6.45, 7) is 3.95. The van der Waals surface area contributed by atoms with E-state index in [4.69, 9.17) is 12.2 Å². The predicted octanol–water partition coefficient (Wildman–Crippen LogP) is 1.42. The van der Waals surface area contributed by atoms with E-state index >= 15 is 0 Å². The van der Waals surface area contributed by atoms with E-state index in [1.54, 1.807) is 0 Å². The highest BCUT2D eigenvalue weighted by Crippen LogP contribution is 1.96. The summed E-state index contributed by atoms with van der Waals surface area (Å²) in [7, 11) is 4.11. The second-order valence-electron chi connectivity index (χ2n) is 3.23. The monoisotopic (exact) mass is 185 g/mol. The van der Waals surface area contributed by atoms with Gasteiger partial charge in [0.1, 0.15) is 4.64 Å². The molecule has 0 aliphatic heterocycles. The largest absolute Gasteiger partial charge is 0.308 e. The summed E-state index contributed by atoms with van der Waals surface area (Å²) in [6.07, 6.45) is 0. The van der Waals surface area contributed by atoms with Crippen LogP contribution in [0.15, 0.2) is 6.07 Å². The van der Waals surface area contributed by atoms with Crippen LogP contribution in [0.25, 0.3) is 0 Å². The van der Waals surface area contributed by atoms with Gasteiger partial charge in [-0.1, -0.05) is 12.2 Å². The summed E-state index contributed by atoms with van der Waals surface area (Å²) in [5.41, 5.74) is 1.12. The SMILES string of the molecule is Cc1cc(=S)n(CCN(C)C)[nH]1. The van der Waals surface area contributed by atoms with E-state index in [-0.39, 0.29) is 0 Å². The normalized spacial score (nSPS) is 11.0. The van der Waals surface area contributed by atoms with Crippen molar-refractivity contribution in [3.8, 4) is 0 Å². The van der Waals surface area contributed by atoms with Gasteiger partial charge >= 0.3 is 0 Å². The van der Waals surface area contributed by atoms with Crippen LogP contribution >= 0.6 is 12.2 Å². The quantitative estimate of drug-likeness (QED) is 0.720. The third-order valence-corrected chi connectivity index (χ3v) is 2.03. The van der Waals surface area contributed by atoms with Crippen LogP contribution in [-0.4, -0.2) is 35.3 Å². The van der Waals surface area contributed by atoms with Crippen LogP contribution in [0.3, 0.4) is 0 Å². The van der Waals surface area contributed by atoms with E-state index in [0.29, 0.717) is 0 Å². The first-order valence-electron chi connectivity index (χ1n) is 4.01. The summed E-state index contributed by atoms with van der Waals surface area (Å²) < 4.78 is 2.87. The van der Waals surface area contributed by atoms with Crippen LogP contribution < -0.4 is 0 Å². The molecule has 1 heterocycles. The van der Waals surface area contributed by atoms with Crippen molar-refractivity contribution in [2.75, 3.05) is 20.6 Å². The lowest BCUT2D eigenvalue weighted by atomic mass is 10.5. The molecule has 0 aliphatic rings. The van der Waals surface area contributed by atoms with Crippen molar-refractivity contribution in [3.63, 3.8) is 0 Å². The average Bonchev–Trinajstić information content (AvgIpc) is 2.26. The molecule has 0 saturated carbocycles. The van der Waals surface area contributed by atoms with Crippen LogP contribution in [-0.2, 0) is 6.54 Å². The second kappa shape index (κ2) is 3.87. The number of hydrogen-bond acceptors (Lipinski definition) is 2. The molecule has 1 rings (SSSR count). The Bertz CT molecular complexity index is 297. The second-order valence-corrected chi connectivity index (χ2v) is 3.65. The lowest BCUT2D eigenvalue weighted by molar-refractivity contribution is 0.371. The Morgan fingerprint density at radius 2 is 2.25 bits per heavy atom. The summed E-state index contributed by atoms with van der Waals surface area (Å²) >= 11 is 5.14. The lowest BCUT2D eigenvalue weighted by Crippen LogP contribution is -2.19. The maximum atomic E-state index is 5.14. The van der Waals surface area contributed by atoms with Gasteiger partial charge < -0.3 is 10.00 Å². The van der Waals surface area contributed by atoms with E-state index < -0.39 is 0 Å². The third-order valence-electron chi connectivity index (χ3n) is 1.69. The third kappa shape index (κ3) is 2.46. The Morgan fingerprint density at radius 3 is 2.67 bits per heavy atom. The van der Waals surface area contributed by atoms with Crippen LogP contribution in [0.2, 0.25) is 0 Å². The summed E-state index contributed by atoms with van der Waals surface area (Å²) in [5, 5.41) is 3.19. The molecule has 0 unspecified atom stereocenters. The number of likely N-dealkylation sites (N-methyl/N-ethyl adjacent to an activating group) is 1. The summed E-state index contributed by atoms with van der Waals surface area (Å²) in [5.74, 6) is 0. The predicted molar refractivity (Wildman–Crippen MR) is 52.9 cm³/mol. The van der Waals surface area contributed by atoms with Crippen molar-refractivity contribution < 1.29 is 0 Å². The fraction of sp³-hybridized carbons (Fsp3) is 0.625. The maximum absolute atomic E-state index is 5.14. The molecule has 0 aromatic carbocycles. The Kier molecular flexibility index (Phi) is 3.05. The lowest BCUT2D eigenvalue weighted by Gasteiger charge is -2.09. The minimum atomic E-state index is 0.884. The van der Waals surface area contributed by atoms with Crippen molar-refractivity contribution in [2.45, 2.75) is 13.5 Å². The number of nitrogens with zero attached hydrogens (tertiary/aromatic N) is 2.